The van der Waals surface area contributed by atoms with Gasteiger partial charge in [0.2, 0.25) is 0 Å². The van der Waals surface area contributed by atoms with Crippen molar-refractivity contribution in [1.29, 1.82) is 0 Å². The zero-order chi connectivity index (χ0) is 10.7. The maximum Gasteiger partial charge on any atom is 0.123 e. The van der Waals surface area contributed by atoms with E-state index in [0.29, 0.717) is 0 Å². The first-order valence-electron chi connectivity index (χ1n) is 5.04. The molecule has 0 nitrogen and oxygen atoms in total. The van der Waals surface area contributed by atoms with E-state index in [4.69, 9.17) is 0 Å². The lowest BCUT2D eigenvalue weighted by Gasteiger charge is -2.03. The lowest BCUT2D eigenvalue weighted by molar-refractivity contribution is 0.624. The van der Waals surface area contributed by atoms with Gasteiger partial charge < -0.3 is 0 Å². The Kier molecular flexibility index (Phi) is 2.82. The molecule has 0 fully saturated rings. The highest BCUT2D eigenvalue weighted by atomic mass is 19.1. The molecule has 0 heterocycles. The quantitative estimate of drug-likeness (QED) is 0.693. The molecular weight excluding hydrogens is 187 g/mol. The Bertz CT molecular complexity index is 426. The van der Waals surface area contributed by atoms with Crippen LogP contribution in [0.4, 0.5) is 4.39 Å². The number of hydrogen-bond acceptors (Lipinski definition) is 0. The third kappa shape index (κ3) is 2.66. The van der Waals surface area contributed by atoms with Gasteiger partial charge in [-0.25, -0.2) is 4.39 Å². The summed E-state index contributed by atoms with van der Waals surface area (Å²) in [6.07, 6.45) is 0.791. The number of rotatable bonds is 2. The molecule has 0 saturated carbocycles. The van der Waals surface area contributed by atoms with Gasteiger partial charge in [-0.1, -0.05) is 36.4 Å². The SMILES string of the molecule is Cc1cc(F)cc(Cc2ccccc2)c1. The lowest BCUT2D eigenvalue weighted by atomic mass is 10.0. The average molecular weight is 200 g/mol. The van der Waals surface area contributed by atoms with Gasteiger partial charge in [0.25, 0.3) is 0 Å². The molecule has 0 aromatic heterocycles. The summed E-state index contributed by atoms with van der Waals surface area (Å²) in [6, 6.07) is 15.3. The van der Waals surface area contributed by atoms with Crippen molar-refractivity contribution in [3.63, 3.8) is 0 Å². The zero-order valence-electron chi connectivity index (χ0n) is 8.70. The number of benzene rings is 2. The fourth-order valence-electron chi connectivity index (χ4n) is 1.75. The summed E-state index contributed by atoms with van der Waals surface area (Å²) in [6.45, 7) is 1.91. The van der Waals surface area contributed by atoms with E-state index in [9.17, 15) is 4.39 Å². The van der Waals surface area contributed by atoms with Gasteiger partial charge in [0, 0.05) is 0 Å². The molecule has 0 aliphatic rings. The van der Waals surface area contributed by atoms with Crippen molar-refractivity contribution in [3.8, 4) is 0 Å². The van der Waals surface area contributed by atoms with Gasteiger partial charge in [-0.3, -0.25) is 0 Å². The number of aryl methyl sites for hydroxylation is 1. The molecule has 0 radical (unpaired) electrons. The molecule has 0 spiro atoms. The molecule has 0 saturated heterocycles. The summed E-state index contributed by atoms with van der Waals surface area (Å²) >= 11 is 0. The summed E-state index contributed by atoms with van der Waals surface area (Å²) in [5.41, 5.74) is 3.21. The highest BCUT2D eigenvalue weighted by Crippen LogP contribution is 2.13. The molecule has 0 aliphatic heterocycles. The van der Waals surface area contributed by atoms with Crippen LogP contribution in [0.5, 0.6) is 0 Å². The van der Waals surface area contributed by atoms with Crippen molar-refractivity contribution in [3.05, 3.63) is 71.0 Å². The number of hydrogen-bond donors (Lipinski definition) is 0. The van der Waals surface area contributed by atoms with Gasteiger partial charge in [-0.15, -0.1) is 0 Å². The summed E-state index contributed by atoms with van der Waals surface area (Å²) in [5.74, 6) is -0.152. The van der Waals surface area contributed by atoms with Gasteiger partial charge in [-0.05, 0) is 42.2 Å². The van der Waals surface area contributed by atoms with Crippen molar-refractivity contribution < 1.29 is 4.39 Å². The first kappa shape index (κ1) is 9.91. The van der Waals surface area contributed by atoms with Gasteiger partial charge in [-0.2, -0.15) is 0 Å². The Morgan fingerprint density at radius 3 is 2.33 bits per heavy atom. The van der Waals surface area contributed by atoms with Crippen LogP contribution in [-0.2, 0) is 6.42 Å². The molecule has 0 atom stereocenters. The van der Waals surface area contributed by atoms with Gasteiger partial charge in [0.15, 0.2) is 0 Å². The molecular formula is C14H13F. The topological polar surface area (TPSA) is 0 Å². The summed E-state index contributed by atoms with van der Waals surface area (Å²) in [5, 5.41) is 0. The molecule has 0 unspecified atom stereocenters. The first-order chi connectivity index (χ1) is 7.24. The van der Waals surface area contributed by atoms with Crippen LogP contribution in [0.15, 0.2) is 48.5 Å². The Labute approximate surface area is 89.4 Å². The maximum absolute atomic E-state index is 13.1. The lowest BCUT2D eigenvalue weighted by Crippen LogP contribution is -1.90. The van der Waals surface area contributed by atoms with E-state index in [1.807, 2.05) is 31.2 Å². The number of halogens is 1. The van der Waals surface area contributed by atoms with E-state index in [1.54, 1.807) is 12.1 Å². The molecule has 1 heteroatoms. The van der Waals surface area contributed by atoms with Crippen LogP contribution >= 0.6 is 0 Å². The van der Waals surface area contributed by atoms with Gasteiger partial charge in [0.1, 0.15) is 5.82 Å². The summed E-state index contributed by atoms with van der Waals surface area (Å²) in [4.78, 5) is 0. The normalized spacial score (nSPS) is 10.3. The predicted molar refractivity (Wildman–Crippen MR) is 60.4 cm³/mol. The highest BCUT2D eigenvalue weighted by Gasteiger charge is 1.99. The second-order valence-corrected chi connectivity index (χ2v) is 3.80. The summed E-state index contributed by atoms with van der Waals surface area (Å²) in [7, 11) is 0. The fraction of sp³-hybridized carbons (Fsp3) is 0.143. The van der Waals surface area contributed by atoms with Crippen LogP contribution in [0.2, 0.25) is 0 Å². The van der Waals surface area contributed by atoms with E-state index in [-0.39, 0.29) is 5.82 Å². The first-order valence-corrected chi connectivity index (χ1v) is 5.04. The molecule has 15 heavy (non-hydrogen) atoms. The van der Waals surface area contributed by atoms with E-state index in [1.165, 1.54) is 5.56 Å². The van der Waals surface area contributed by atoms with Crippen molar-refractivity contribution >= 4 is 0 Å². The van der Waals surface area contributed by atoms with Gasteiger partial charge in [0.05, 0.1) is 0 Å². The third-order valence-electron chi connectivity index (χ3n) is 2.35. The van der Waals surface area contributed by atoms with Crippen molar-refractivity contribution in [2.75, 3.05) is 0 Å². The predicted octanol–water partition coefficient (Wildman–Crippen LogP) is 3.72. The van der Waals surface area contributed by atoms with Crippen LogP contribution in [0, 0.1) is 12.7 Å². The minimum absolute atomic E-state index is 0.152. The Morgan fingerprint density at radius 1 is 0.933 bits per heavy atom. The molecule has 0 aliphatic carbocycles. The highest BCUT2D eigenvalue weighted by molar-refractivity contribution is 5.29. The average Bonchev–Trinajstić information content (AvgIpc) is 2.17. The van der Waals surface area contributed by atoms with Crippen LogP contribution in [0.1, 0.15) is 16.7 Å². The molecule has 2 aromatic rings. The second kappa shape index (κ2) is 4.26. The molecule has 0 N–H and O–H groups in total. The van der Waals surface area contributed by atoms with E-state index in [0.717, 1.165) is 17.5 Å². The second-order valence-electron chi connectivity index (χ2n) is 3.80. The Hall–Kier alpha value is -1.63. The van der Waals surface area contributed by atoms with Gasteiger partial charge >= 0.3 is 0 Å². The third-order valence-corrected chi connectivity index (χ3v) is 2.35. The van der Waals surface area contributed by atoms with Crippen LogP contribution in [0.3, 0.4) is 0 Å². The summed E-state index contributed by atoms with van der Waals surface area (Å²) < 4.78 is 13.1. The van der Waals surface area contributed by atoms with Crippen LogP contribution < -0.4 is 0 Å². The molecule has 76 valence electrons. The standard InChI is InChI=1S/C14H13F/c1-11-7-13(10-14(15)8-11)9-12-5-3-2-4-6-12/h2-8,10H,9H2,1H3. The van der Waals surface area contributed by atoms with Crippen molar-refractivity contribution in [2.45, 2.75) is 13.3 Å². The van der Waals surface area contributed by atoms with Crippen molar-refractivity contribution in [1.82, 2.24) is 0 Å². The molecule has 0 amide bonds. The minimum atomic E-state index is -0.152. The molecule has 0 bridgehead atoms. The smallest absolute Gasteiger partial charge is 0.123 e. The minimum Gasteiger partial charge on any atom is -0.207 e. The van der Waals surface area contributed by atoms with E-state index < -0.39 is 0 Å². The molecule has 2 aromatic carbocycles. The van der Waals surface area contributed by atoms with E-state index >= 15 is 0 Å². The Balaban J connectivity index is 2.25. The van der Waals surface area contributed by atoms with Crippen molar-refractivity contribution in [2.24, 2.45) is 0 Å². The fourth-order valence-corrected chi connectivity index (χ4v) is 1.75. The maximum atomic E-state index is 13.1. The monoisotopic (exact) mass is 200 g/mol. The zero-order valence-corrected chi connectivity index (χ0v) is 8.70. The largest absolute Gasteiger partial charge is 0.207 e. The molecule has 2 rings (SSSR count). The van der Waals surface area contributed by atoms with Crippen LogP contribution in [-0.4, -0.2) is 0 Å². The van der Waals surface area contributed by atoms with E-state index in [2.05, 4.69) is 12.1 Å². The van der Waals surface area contributed by atoms with Crippen LogP contribution in [0.25, 0.3) is 0 Å². The Morgan fingerprint density at radius 2 is 1.67 bits per heavy atom.